The molecule has 2 aromatic rings. The third-order valence-corrected chi connectivity index (χ3v) is 4.37. The summed E-state index contributed by atoms with van der Waals surface area (Å²) in [5, 5.41) is 22.2. The molecule has 0 bridgehead atoms. The predicted molar refractivity (Wildman–Crippen MR) is 95.8 cm³/mol. The maximum atomic E-state index is 12.7. The van der Waals surface area contributed by atoms with E-state index < -0.39 is 23.8 Å². The standard InChI is InChI=1S/C18H15ClN2O5/c1-9-2-3-10(18(25)26)6-14(9)21-16(23)8-13(17(21)24)20-12-5-4-11(19)7-15(12)22/h2-7,13,20,22H,8H2,1H3,(H,25,26). The van der Waals surface area contributed by atoms with Crippen molar-refractivity contribution in [1.82, 2.24) is 0 Å². The van der Waals surface area contributed by atoms with Crippen molar-refractivity contribution in [3.05, 3.63) is 52.5 Å². The Morgan fingerprint density at radius 1 is 1.23 bits per heavy atom. The number of nitrogens with zero attached hydrogens (tertiary/aromatic N) is 1. The molecule has 3 N–H and O–H groups in total. The van der Waals surface area contributed by atoms with Gasteiger partial charge < -0.3 is 15.5 Å². The first-order chi connectivity index (χ1) is 12.3. The number of aromatic hydroxyl groups is 1. The van der Waals surface area contributed by atoms with Crippen LogP contribution in [-0.2, 0) is 9.59 Å². The lowest BCUT2D eigenvalue weighted by molar-refractivity contribution is -0.121. The van der Waals surface area contributed by atoms with E-state index in [1.807, 2.05) is 0 Å². The summed E-state index contributed by atoms with van der Waals surface area (Å²) in [6.07, 6.45) is -0.113. The normalized spacial score (nSPS) is 16.8. The second kappa shape index (κ2) is 6.68. The quantitative estimate of drug-likeness (QED) is 0.561. The maximum absolute atomic E-state index is 12.7. The molecule has 1 atom stereocenters. The van der Waals surface area contributed by atoms with E-state index in [9.17, 15) is 19.5 Å². The van der Waals surface area contributed by atoms with Crippen LogP contribution in [0.3, 0.4) is 0 Å². The van der Waals surface area contributed by atoms with Crippen LogP contribution < -0.4 is 10.2 Å². The minimum Gasteiger partial charge on any atom is -0.506 e. The fourth-order valence-corrected chi connectivity index (χ4v) is 2.96. The Kier molecular flexibility index (Phi) is 4.56. The van der Waals surface area contributed by atoms with Crippen molar-refractivity contribution in [3.63, 3.8) is 0 Å². The van der Waals surface area contributed by atoms with E-state index in [0.29, 0.717) is 10.6 Å². The number of hydrogen-bond acceptors (Lipinski definition) is 5. The number of phenols is 1. The molecule has 0 spiro atoms. The molecule has 1 unspecified atom stereocenters. The molecule has 26 heavy (non-hydrogen) atoms. The second-order valence-corrected chi connectivity index (χ2v) is 6.37. The smallest absolute Gasteiger partial charge is 0.335 e. The van der Waals surface area contributed by atoms with Crippen LogP contribution in [0.1, 0.15) is 22.3 Å². The van der Waals surface area contributed by atoms with Crippen LogP contribution >= 0.6 is 11.6 Å². The van der Waals surface area contributed by atoms with Gasteiger partial charge in [-0.15, -0.1) is 0 Å². The van der Waals surface area contributed by atoms with Crippen LogP contribution in [0.15, 0.2) is 36.4 Å². The Hall–Kier alpha value is -3.06. The highest BCUT2D eigenvalue weighted by Gasteiger charge is 2.40. The highest BCUT2D eigenvalue weighted by atomic mass is 35.5. The monoisotopic (exact) mass is 374 g/mol. The van der Waals surface area contributed by atoms with Gasteiger partial charge in [0.2, 0.25) is 5.91 Å². The Morgan fingerprint density at radius 2 is 1.96 bits per heavy atom. The number of carboxylic acids is 1. The van der Waals surface area contributed by atoms with E-state index in [0.717, 1.165) is 4.90 Å². The molecule has 1 aliphatic rings. The van der Waals surface area contributed by atoms with Crippen molar-refractivity contribution < 1.29 is 24.6 Å². The molecule has 1 heterocycles. The van der Waals surface area contributed by atoms with Crippen LogP contribution in [0, 0.1) is 6.92 Å². The average molecular weight is 375 g/mol. The van der Waals surface area contributed by atoms with Gasteiger partial charge >= 0.3 is 5.97 Å². The number of phenolic OH excluding ortho intramolecular Hbond substituents is 1. The number of halogens is 1. The largest absolute Gasteiger partial charge is 0.506 e. The molecule has 7 nitrogen and oxygen atoms in total. The van der Waals surface area contributed by atoms with Gasteiger partial charge in [0.05, 0.1) is 23.4 Å². The van der Waals surface area contributed by atoms with Gasteiger partial charge in [0.25, 0.3) is 5.91 Å². The van der Waals surface area contributed by atoms with E-state index in [4.69, 9.17) is 16.7 Å². The average Bonchev–Trinajstić information content (AvgIpc) is 2.84. The summed E-state index contributed by atoms with van der Waals surface area (Å²) in [4.78, 5) is 37.3. The molecule has 0 radical (unpaired) electrons. The van der Waals surface area contributed by atoms with Gasteiger partial charge in [-0.1, -0.05) is 17.7 Å². The first-order valence-electron chi connectivity index (χ1n) is 7.73. The molecule has 0 aromatic heterocycles. The third kappa shape index (κ3) is 3.21. The number of rotatable bonds is 4. The number of benzene rings is 2. The molecular weight excluding hydrogens is 360 g/mol. The SMILES string of the molecule is Cc1ccc(C(=O)O)cc1N1C(=O)CC(Nc2ccc(Cl)cc2O)C1=O. The zero-order valence-electron chi connectivity index (χ0n) is 13.7. The fraction of sp³-hybridized carbons (Fsp3) is 0.167. The molecule has 0 saturated carbocycles. The number of anilines is 2. The molecule has 1 saturated heterocycles. The summed E-state index contributed by atoms with van der Waals surface area (Å²) in [5.74, 6) is -2.26. The number of nitrogens with one attached hydrogen (secondary N) is 1. The number of hydrogen-bond donors (Lipinski definition) is 3. The zero-order chi connectivity index (χ0) is 19.0. The van der Waals surface area contributed by atoms with Crippen molar-refractivity contribution in [2.75, 3.05) is 10.2 Å². The van der Waals surface area contributed by atoms with Gasteiger partial charge in [-0.05, 0) is 36.8 Å². The van der Waals surface area contributed by atoms with E-state index in [-0.39, 0.29) is 29.1 Å². The molecule has 2 aromatic carbocycles. The minimum absolute atomic E-state index is 0.0158. The summed E-state index contributed by atoms with van der Waals surface area (Å²) in [7, 11) is 0. The van der Waals surface area contributed by atoms with Gasteiger partial charge in [-0.3, -0.25) is 9.59 Å². The van der Waals surface area contributed by atoms with E-state index in [1.165, 1.54) is 24.3 Å². The topological polar surface area (TPSA) is 107 Å². The van der Waals surface area contributed by atoms with Crippen LogP contribution in [0.4, 0.5) is 11.4 Å². The lowest BCUT2D eigenvalue weighted by atomic mass is 10.1. The predicted octanol–water partition coefficient (Wildman–Crippen LogP) is 2.80. The molecular formula is C18H15ClN2O5. The number of carbonyl (C=O) groups is 3. The van der Waals surface area contributed by atoms with Crippen molar-refractivity contribution in [2.45, 2.75) is 19.4 Å². The number of imide groups is 1. The van der Waals surface area contributed by atoms with Crippen molar-refractivity contribution in [1.29, 1.82) is 0 Å². The minimum atomic E-state index is -1.15. The number of amides is 2. The van der Waals surface area contributed by atoms with E-state index in [1.54, 1.807) is 19.1 Å². The van der Waals surface area contributed by atoms with Gasteiger partial charge in [-0.25, -0.2) is 9.69 Å². The molecule has 1 fully saturated rings. The summed E-state index contributed by atoms with van der Waals surface area (Å²) in [6, 6.07) is 7.76. The highest BCUT2D eigenvalue weighted by Crippen LogP contribution is 2.32. The first-order valence-corrected chi connectivity index (χ1v) is 8.11. The van der Waals surface area contributed by atoms with E-state index in [2.05, 4.69) is 5.32 Å². The summed E-state index contributed by atoms with van der Waals surface area (Å²) in [6.45, 7) is 1.69. The zero-order valence-corrected chi connectivity index (χ0v) is 14.4. The lowest BCUT2D eigenvalue weighted by Crippen LogP contribution is -2.35. The van der Waals surface area contributed by atoms with Crippen LogP contribution in [-0.4, -0.2) is 34.0 Å². The molecule has 3 rings (SSSR count). The first kappa shape index (κ1) is 17.8. The van der Waals surface area contributed by atoms with Crippen LogP contribution in [0.5, 0.6) is 5.75 Å². The molecule has 8 heteroatoms. The molecule has 2 amide bonds. The van der Waals surface area contributed by atoms with Crippen molar-refractivity contribution in [2.24, 2.45) is 0 Å². The lowest BCUT2D eigenvalue weighted by Gasteiger charge is -2.19. The van der Waals surface area contributed by atoms with Gasteiger partial charge in [0.1, 0.15) is 11.8 Å². The van der Waals surface area contributed by atoms with Gasteiger partial charge in [0.15, 0.2) is 0 Å². The van der Waals surface area contributed by atoms with Crippen molar-refractivity contribution in [3.8, 4) is 5.75 Å². The molecule has 134 valence electrons. The van der Waals surface area contributed by atoms with Crippen LogP contribution in [0.25, 0.3) is 0 Å². The molecule has 0 aliphatic carbocycles. The Balaban J connectivity index is 1.90. The Morgan fingerprint density at radius 3 is 2.62 bits per heavy atom. The second-order valence-electron chi connectivity index (χ2n) is 5.94. The summed E-state index contributed by atoms with van der Waals surface area (Å²) in [5.41, 5.74) is 1.10. The van der Waals surface area contributed by atoms with Gasteiger partial charge in [0, 0.05) is 11.1 Å². The third-order valence-electron chi connectivity index (χ3n) is 4.13. The fourth-order valence-electron chi connectivity index (χ4n) is 2.80. The van der Waals surface area contributed by atoms with Crippen molar-refractivity contribution >= 4 is 40.8 Å². The number of carbonyl (C=O) groups excluding carboxylic acids is 2. The van der Waals surface area contributed by atoms with Gasteiger partial charge in [-0.2, -0.15) is 0 Å². The maximum Gasteiger partial charge on any atom is 0.335 e. The number of carboxylic acid groups (broad SMARTS) is 1. The summed E-state index contributed by atoms with van der Waals surface area (Å²) >= 11 is 5.78. The van der Waals surface area contributed by atoms with E-state index >= 15 is 0 Å². The molecule has 1 aliphatic heterocycles. The highest BCUT2D eigenvalue weighted by molar-refractivity contribution is 6.30. The number of aryl methyl sites for hydroxylation is 1. The Bertz CT molecular complexity index is 928. The Labute approximate surface area is 153 Å². The summed E-state index contributed by atoms with van der Waals surface area (Å²) < 4.78 is 0. The van der Waals surface area contributed by atoms with Crippen LogP contribution in [0.2, 0.25) is 5.02 Å². The number of aromatic carboxylic acids is 1.